The van der Waals surface area contributed by atoms with Crippen LogP contribution < -0.4 is 19.5 Å². The molecular formula is C22H22N2O6S. The van der Waals surface area contributed by atoms with Crippen molar-refractivity contribution in [3.8, 4) is 17.2 Å². The van der Waals surface area contributed by atoms with Gasteiger partial charge in [0.25, 0.3) is 11.1 Å². The van der Waals surface area contributed by atoms with Crippen LogP contribution in [0, 0.1) is 0 Å². The van der Waals surface area contributed by atoms with E-state index in [9.17, 15) is 14.4 Å². The van der Waals surface area contributed by atoms with Crippen molar-refractivity contribution in [2.45, 2.75) is 6.42 Å². The van der Waals surface area contributed by atoms with E-state index in [4.69, 9.17) is 14.2 Å². The Morgan fingerprint density at radius 2 is 1.71 bits per heavy atom. The van der Waals surface area contributed by atoms with Gasteiger partial charge in [-0.1, -0.05) is 6.07 Å². The zero-order valence-electron chi connectivity index (χ0n) is 17.3. The Kier molecular flexibility index (Phi) is 7.19. The Balaban J connectivity index is 1.62. The molecule has 0 saturated carbocycles. The molecule has 0 unspecified atom stereocenters. The molecule has 0 aliphatic carbocycles. The molecule has 1 N–H and O–H groups in total. The predicted octanol–water partition coefficient (Wildman–Crippen LogP) is 3.78. The Labute approximate surface area is 184 Å². The van der Waals surface area contributed by atoms with Crippen LogP contribution in [0.4, 0.5) is 10.5 Å². The van der Waals surface area contributed by atoms with Crippen LogP contribution in [-0.2, 0) is 9.59 Å². The van der Waals surface area contributed by atoms with Crippen molar-refractivity contribution in [1.82, 2.24) is 4.90 Å². The first-order valence-electron chi connectivity index (χ1n) is 9.36. The fourth-order valence-corrected chi connectivity index (χ4v) is 3.76. The summed E-state index contributed by atoms with van der Waals surface area (Å²) in [5.74, 6) is 1.04. The van der Waals surface area contributed by atoms with Crippen molar-refractivity contribution in [1.29, 1.82) is 0 Å². The van der Waals surface area contributed by atoms with Gasteiger partial charge in [-0.15, -0.1) is 0 Å². The summed E-state index contributed by atoms with van der Waals surface area (Å²) < 4.78 is 15.5. The second-order valence-corrected chi connectivity index (χ2v) is 7.47. The standard InChI is InChI=1S/C22H22N2O6S/c1-28-16-7-5-15(6-8-16)23-20(25)10-11-24-21(26)19(31-22(24)27)13-14-4-9-17(29-2)18(12-14)30-3/h4-9,12-13H,10-11H2,1-3H3,(H,23,25)/b19-13-. The maximum Gasteiger partial charge on any atom is 0.293 e. The number of hydrogen-bond donors (Lipinski definition) is 1. The number of nitrogens with zero attached hydrogens (tertiary/aromatic N) is 1. The number of rotatable bonds is 8. The first kappa shape index (κ1) is 22.2. The SMILES string of the molecule is COc1ccc(NC(=O)CCN2C(=O)S/C(=C\c3ccc(OC)c(OC)c3)C2=O)cc1. The zero-order valence-corrected chi connectivity index (χ0v) is 18.2. The number of amides is 3. The summed E-state index contributed by atoms with van der Waals surface area (Å²) in [5.41, 5.74) is 1.30. The van der Waals surface area contributed by atoms with Crippen molar-refractivity contribution in [3.63, 3.8) is 0 Å². The monoisotopic (exact) mass is 442 g/mol. The van der Waals surface area contributed by atoms with E-state index in [1.807, 2.05) is 0 Å². The zero-order chi connectivity index (χ0) is 22.4. The number of ether oxygens (including phenoxy) is 3. The van der Waals surface area contributed by atoms with E-state index in [1.165, 1.54) is 14.2 Å². The Morgan fingerprint density at radius 3 is 2.35 bits per heavy atom. The average molecular weight is 442 g/mol. The van der Waals surface area contributed by atoms with E-state index in [1.54, 1.807) is 55.7 Å². The first-order chi connectivity index (χ1) is 14.9. The molecular weight excluding hydrogens is 420 g/mol. The van der Waals surface area contributed by atoms with Crippen LogP contribution in [0.25, 0.3) is 6.08 Å². The van der Waals surface area contributed by atoms with Gasteiger partial charge in [0, 0.05) is 18.7 Å². The largest absolute Gasteiger partial charge is 0.497 e. The normalized spacial score (nSPS) is 14.7. The van der Waals surface area contributed by atoms with Crippen molar-refractivity contribution < 1.29 is 28.6 Å². The van der Waals surface area contributed by atoms with E-state index in [-0.39, 0.29) is 23.8 Å². The maximum absolute atomic E-state index is 12.7. The van der Waals surface area contributed by atoms with Gasteiger partial charge in [-0.25, -0.2) is 0 Å². The van der Waals surface area contributed by atoms with Crippen molar-refractivity contribution >= 4 is 40.6 Å². The van der Waals surface area contributed by atoms with Gasteiger partial charge < -0.3 is 19.5 Å². The third-order valence-corrected chi connectivity index (χ3v) is 5.42. The van der Waals surface area contributed by atoms with Crippen LogP contribution in [0.2, 0.25) is 0 Å². The summed E-state index contributed by atoms with van der Waals surface area (Å²) >= 11 is 0.841. The van der Waals surface area contributed by atoms with Gasteiger partial charge >= 0.3 is 0 Å². The van der Waals surface area contributed by atoms with Crippen molar-refractivity contribution in [3.05, 3.63) is 52.9 Å². The van der Waals surface area contributed by atoms with Crippen LogP contribution in [-0.4, -0.2) is 49.8 Å². The third kappa shape index (κ3) is 5.37. The van der Waals surface area contributed by atoms with E-state index < -0.39 is 11.1 Å². The summed E-state index contributed by atoms with van der Waals surface area (Å²) in [6, 6.07) is 12.1. The molecule has 3 amide bonds. The summed E-state index contributed by atoms with van der Waals surface area (Å²) in [6.07, 6.45) is 1.61. The Bertz CT molecular complexity index is 1020. The van der Waals surface area contributed by atoms with E-state index in [2.05, 4.69) is 5.32 Å². The Hall–Kier alpha value is -3.46. The molecule has 1 fully saturated rings. The number of benzene rings is 2. The number of hydrogen-bond acceptors (Lipinski definition) is 7. The molecule has 9 heteroatoms. The van der Waals surface area contributed by atoms with E-state index in [0.717, 1.165) is 16.7 Å². The van der Waals surface area contributed by atoms with Gasteiger partial charge in [-0.2, -0.15) is 0 Å². The molecule has 1 saturated heterocycles. The average Bonchev–Trinajstić information content (AvgIpc) is 3.04. The number of anilines is 1. The second kappa shape index (κ2) is 10.0. The summed E-state index contributed by atoms with van der Waals surface area (Å²) in [7, 11) is 4.61. The number of thioether (sulfide) groups is 1. The number of methoxy groups -OCH3 is 3. The van der Waals surface area contributed by atoms with E-state index in [0.29, 0.717) is 28.5 Å². The molecule has 2 aromatic carbocycles. The van der Waals surface area contributed by atoms with Crippen LogP contribution in [0.5, 0.6) is 17.2 Å². The van der Waals surface area contributed by atoms with Gasteiger partial charge in [0.2, 0.25) is 5.91 Å². The van der Waals surface area contributed by atoms with Crippen LogP contribution >= 0.6 is 11.8 Å². The van der Waals surface area contributed by atoms with Gasteiger partial charge in [0.05, 0.1) is 26.2 Å². The molecule has 162 valence electrons. The highest BCUT2D eigenvalue weighted by Crippen LogP contribution is 2.34. The predicted molar refractivity (Wildman–Crippen MR) is 118 cm³/mol. The minimum absolute atomic E-state index is 0.00404. The topological polar surface area (TPSA) is 94.2 Å². The molecule has 3 rings (SSSR count). The number of carbonyl (C=O) groups excluding carboxylic acids is 3. The van der Waals surface area contributed by atoms with Crippen LogP contribution in [0.15, 0.2) is 47.4 Å². The first-order valence-corrected chi connectivity index (χ1v) is 10.2. The third-order valence-electron chi connectivity index (χ3n) is 4.52. The molecule has 0 spiro atoms. The van der Waals surface area contributed by atoms with Gasteiger partial charge in [-0.3, -0.25) is 19.3 Å². The fraction of sp³-hybridized carbons (Fsp3) is 0.227. The molecule has 0 atom stereocenters. The highest BCUT2D eigenvalue weighted by Gasteiger charge is 2.35. The highest BCUT2D eigenvalue weighted by molar-refractivity contribution is 8.18. The second-order valence-electron chi connectivity index (χ2n) is 6.47. The highest BCUT2D eigenvalue weighted by atomic mass is 32.2. The lowest BCUT2D eigenvalue weighted by molar-refractivity contribution is -0.123. The molecule has 0 aromatic heterocycles. The van der Waals surface area contributed by atoms with Crippen molar-refractivity contribution in [2.75, 3.05) is 33.2 Å². The Morgan fingerprint density at radius 1 is 1.00 bits per heavy atom. The maximum atomic E-state index is 12.7. The quantitative estimate of drug-likeness (QED) is 0.622. The smallest absolute Gasteiger partial charge is 0.293 e. The van der Waals surface area contributed by atoms with Gasteiger partial charge in [-0.05, 0) is 59.8 Å². The van der Waals surface area contributed by atoms with Crippen LogP contribution in [0.1, 0.15) is 12.0 Å². The summed E-state index contributed by atoms with van der Waals surface area (Å²) in [6.45, 7) is -0.00404. The molecule has 31 heavy (non-hydrogen) atoms. The molecule has 8 nitrogen and oxygen atoms in total. The number of imide groups is 1. The molecule has 1 aliphatic heterocycles. The van der Waals surface area contributed by atoms with Crippen molar-refractivity contribution in [2.24, 2.45) is 0 Å². The fourth-order valence-electron chi connectivity index (χ4n) is 2.90. The lowest BCUT2D eigenvalue weighted by atomic mass is 10.2. The molecule has 0 bridgehead atoms. The number of nitrogens with one attached hydrogen (secondary N) is 1. The molecule has 1 heterocycles. The van der Waals surface area contributed by atoms with Crippen LogP contribution in [0.3, 0.4) is 0 Å². The minimum Gasteiger partial charge on any atom is -0.497 e. The summed E-state index contributed by atoms with van der Waals surface area (Å²) in [4.78, 5) is 38.5. The molecule has 1 aliphatic rings. The lowest BCUT2D eigenvalue weighted by Gasteiger charge is -2.12. The summed E-state index contributed by atoms with van der Waals surface area (Å²) in [5, 5.41) is 2.32. The lowest BCUT2D eigenvalue weighted by Crippen LogP contribution is -2.31. The molecule has 0 radical (unpaired) electrons. The minimum atomic E-state index is -0.429. The van der Waals surface area contributed by atoms with Gasteiger partial charge in [0.15, 0.2) is 11.5 Å². The van der Waals surface area contributed by atoms with E-state index >= 15 is 0 Å². The van der Waals surface area contributed by atoms with Gasteiger partial charge in [0.1, 0.15) is 5.75 Å². The molecule has 2 aromatic rings. The number of carbonyl (C=O) groups is 3.